The Morgan fingerprint density at radius 3 is 2.31 bits per heavy atom. The summed E-state index contributed by atoms with van der Waals surface area (Å²) in [7, 11) is 0. The summed E-state index contributed by atoms with van der Waals surface area (Å²) >= 11 is 0. The van der Waals surface area contributed by atoms with Crippen LogP contribution >= 0.6 is 0 Å². The monoisotopic (exact) mass is 546 g/mol. The molecule has 0 radical (unpaired) electrons. The Morgan fingerprint density at radius 2 is 1.69 bits per heavy atom. The average Bonchev–Trinajstić information content (AvgIpc) is 3.49. The molecule has 2 saturated heterocycles. The summed E-state index contributed by atoms with van der Waals surface area (Å²) in [6.07, 6.45) is -4.68. The van der Waals surface area contributed by atoms with Gasteiger partial charge in [0.05, 0.1) is 11.6 Å². The molecule has 2 heterocycles. The van der Waals surface area contributed by atoms with Crippen molar-refractivity contribution in [2.75, 3.05) is 19.7 Å². The minimum atomic E-state index is -4.48. The van der Waals surface area contributed by atoms with Gasteiger partial charge < -0.3 is 14.4 Å². The van der Waals surface area contributed by atoms with E-state index >= 15 is 0 Å². The minimum Gasteiger partial charge on any atom is -0.447 e. The zero-order valence-electron chi connectivity index (χ0n) is 22.2. The number of imide groups is 1. The molecule has 0 aliphatic carbocycles. The number of carbonyl (C=O) groups excluding carboxylic acids is 3. The smallest absolute Gasteiger partial charge is 0.416 e. The molecule has 1 unspecified atom stereocenters. The van der Waals surface area contributed by atoms with Crippen LogP contribution in [0.15, 0.2) is 54.6 Å². The third-order valence-corrected chi connectivity index (χ3v) is 7.01. The summed E-state index contributed by atoms with van der Waals surface area (Å²) < 4.78 is 50.0. The first-order chi connectivity index (χ1) is 18.3. The number of ether oxygens (including phenoxy) is 2. The van der Waals surface area contributed by atoms with Gasteiger partial charge in [0, 0.05) is 19.0 Å². The van der Waals surface area contributed by atoms with Crippen molar-refractivity contribution in [2.45, 2.75) is 57.9 Å². The number of cyclic esters (lactones) is 1. The molecule has 210 valence electrons. The number of amides is 3. The number of halogens is 3. The van der Waals surface area contributed by atoms with E-state index in [4.69, 9.17) is 9.47 Å². The van der Waals surface area contributed by atoms with Crippen molar-refractivity contribution in [3.63, 3.8) is 0 Å². The molecule has 2 aliphatic rings. The number of likely N-dealkylation sites (tertiary alicyclic amines) is 1. The van der Waals surface area contributed by atoms with Crippen molar-refractivity contribution in [1.29, 1.82) is 0 Å². The number of benzene rings is 2. The second kappa shape index (κ2) is 11.3. The van der Waals surface area contributed by atoms with E-state index in [1.54, 1.807) is 20.8 Å². The fourth-order valence-corrected chi connectivity index (χ4v) is 5.09. The number of hydrogen-bond acceptors (Lipinski definition) is 5. The Kier molecular flexibility index (Phi) is 8.23. The Hall–Kier alpha value is -3.56. The topological polar surface area (TPSA) is 76.2 Å². The molecule has 0 N–H and O–H groups in total. The van der Waals surface area contributed by atoms with Crippen LogP contribution in [0.5, 0.6) is 0 Å². The lowest BCUT2D eigenvalue weighted by atomic mass is 9.84. The van der Waals surface area contributed by atoms with Gasteiger partial charge in [-0.2, -0.15) is 13.2 Å². The van der Waals surface area contributed by atoms with Crippen LogP contribution in [0.1, 0.15) is 43.9 Å². The normalized spacial score (nSPS) is 20.6. The standard InChI is InChI=1S/C29H33F3N2O5/c1-28(2,3)39-26(36)33-14-13-21(17-33)24(16-20-9-11-22(12-10-20)29(30,31)32)25(35)34-23(18-38-27(34)37)15-19-7-5-4-6-8-19/h4-12,21,23-24H,13-18H2,1-3H3/t21-,23-,24?/m0/s1. The Bertz CT molecular complexity index is 1180. The van der Waals surface area contributed by atoms with E-state index in [1.807, 2.05) is 30.3 Å². The van der Waals surface area contributed by atoms with Crippen molar-refractivity contribution in [2.24, 2.45) is 11.8 Å². The van der Waals surface area contributed by atoms with Gasteiger partial charge in [0.1, 0.15) is 12.2 Å². The van der Waals surface area contributed by atoms with Crippen molar-refractivity contribution < 1.29 is 37.0 Å². The molecule has 2 aromatic rings. The highest BCUT2D eigenvalue weighted by Crippen LogP contribution is 2.34. The van der Waals surface area contributed by atoms with Crippen molar-refractivity contribution in [1.82, 2.24) is 9.80 Å². The fraction of sp³-hybridized carbons (Fsp3) is 0.483. The average molecular weight is 547 g/mol. The molecule has 0 bridgehead atoms. The lowest BCUT2D eigenvalue weighted by molar-refractivity contribution is -0.138. The van der Waals surface area contributed by atoms with Crippen LogP contribution in [-0.4, -0.2) is 59.2 Å². The molecular formula is C29H33F3N2O5. The maximum atomic E-state index is 14.0. The van der Waals surface area contributed by atoms with E-state index in [-0.39, 0.29) is 25.5 Å². The highest BCUT2D eigenvalue weighted by Gasteiger charge is 2.45. The molecule has 7 nitrogen and oxygen atoms in total. The van der Waals surface area contributed by atoms with Gasteiger partial charge in [0.2, 0.25) is 5.91 Å². The van der Waals surface area contributed by atoms with E-state index in [9.17, 15) is 27.6 Å². The predicted octanol–water partition coefficient (Wildman–Crippen LogP) is 5.71. The van der Waals surface area contributed by atoms with Crippen LogP contribution in [0.2, 0.25) is 0 Å². The van der Waals surface area contributed by atoms with Crippen LogP contribution in [0, 0.1) is 11.8 Å². The third-order valence-electron chi connectivity index (χ3n) is 7.01. The molecule has 2 aromatic carbocycles. The van der Waals surface area contributed by atoms with E-state index in [1.165, 1.54) is 17.0 Å². The first-order valence-electron chi connectivity index (χ1n) is 13.0. The summed E-state index contributed by atoms with van der Waals surface area (Å²) in [5.41, 5.74) is 0.00504. The third kappa shape index (κ3) is 7.10. The molecular weight excluding hydrogens is 513 g/mol. The summed E-state index contributed by atoms with van der Waals surface area (Å²) in [4.78, 5) is 42.1. The number of rotatable bonds is 6. The van der Waals surface area contributed by atoms with Gasteiger partial charge in [-0.3, -0.25) is 4.79 Å². The van der Waals surface area contributed by atoms with Crippen LogP contribution in [0.3, 0.4) is 0 Å². The Balaban J connectivity index is 1.58. The number of carbonyl (C=O) groups is 3. The maximum absolute atomic E-state index is 14.0. The summed E-state index contributed by atoms with van der Waals surface area (Å²) in [6, 6.07) is 13.6. The largest absolute Gasteiger partial charge is 0.447 e. The van der Waals surface area contributed by atoms with E-state index in [0.717, 1.165) is 22.6 Å². The number of alkyl halides is 3. The van der Waals surface area contributed by atoms with Crippen LogP contribution in [0.25, 0.3) is 0 Å². The van der Waals surface area contributed by atoms with E-state index in [2.05, 4.69) is 0 Å². The van der Waals surface area contributed by atoms with Gasteiger partial charge in [-0.1, -0.05) is 42.5 Å². The van der Waals surface area contributed by atoms with Crippen LogP contribution in [0.4, 0.5) is 22.8 Å². The number of hydrogen-bond donors (Lipinski definition) is 0. The van der Waals surface area contributed by atoms with Gasteiger partial charge in [0.15, 0.2) is 0 Å². The summed E-state index contributed by atoms with van der Waals surface area (Å²) in [5.74, 6) is -1.52. The molecule has 39 heavy (non-hydrogen) atoms. The van der Waals surface area contributed by atoms with Crippen LogP contribution in [-0.2, 0) is 33.3 Å². The zero-order valence-corrected chi connectivity index (χ0v) is 22.2. The maximum Gasteiger partial charge on any atom is 0.416 e. The van der Waals surface area contributed by atoms with E-state index in [0.29, 0.717) is 24.9 Å². The summed E-state index contributed by atoms with van der Waals surface area (Å²) in [5, 5.41) is 0. The van der Waals surface area contributed by atoms with Crippen molar-refractivity contribution >= 4 is 18.1 Å². The Morgan fingerprint density at radius 1 is 1.03 bits per heavy atom. The highest BCUT2D eigenvalue weighted by atomic mass is 19.4. The minimum absolute atomic E-state index is 0.0567. The van der Waals surface area contributed by atoms with Gasteiger partial charge in [-0.15, -0.1) is 0 Å². The lowest BCUT2D eigenvalue weighted by Gasteiger charge is -2.29. The molecule has 3 atom stereocenters. The van der Waals surface area contributed by atoms with Crippen molar-refractivity contribution in [3.05, 3.63) is 71.3 Å². The Labute approximate surface area is 225 Å². The fourth-order valence-electron chi connectivity index (χ4n) is 5.09. The number of nitrogens with zero attached hydrogens (tertiary/aromatic N) is 2. The summed E-state index contributed by atoms with van der Waals surface area (Å²) in [6.45, 7) is 5.96. The highest BCUT2D eigenvalue weighted by molar-refractivity contribution is 5.95. The first-order valence-corrected chi connectivity index (χ1v) is 13.0. The quantitative estimate of drug-likeness (QED) is 0.464. The molecule has 0 spiro atoms. The van der Waals surface area contributed by atoms with Gasteiger partial charge in [-0.05, 0) is 69.2 Å². The van der Waals surface area contributed by atoms with E-state index < -0.39 is 47.4 Å². The van der Waals surface area contributed by atoms with Gasteiger partial charge in [0.25, 0.3) is 0 Å². The SMILES string of the molecule is CC(C)(C)OC(=O)N1CC[C@H](C(Cc2ccc(C(F)(F)F)cc2)C(=O)N2C(=O)OC[C@@H]2Cc2ccccc2)C1. The van der Waals surface area contributed by atoms with Gasteiger partial charge >= 0.3 is 18.4 Å². The van der Waals surface area contributed by atoms with Crippen LogP contribution < -0.4 is 0 Å². The predicted molar refractivity (Wildman–Crippen MR) is 137 cm³/mol. The van der Waals surface area contributed by atoms with Gasteiger partial charge in [-0.25, -0.2) is 14.5 Å². The molecule has 3 amide bonds. The molecule has 0 aromatic heterocycles. The molecule has 2 aliphatic heterocycles. The first kappa shape index (κ1) is 28.4. The zero-order chi connectivity index (χ0) is 28.4. The molecule has 2 fully saturated rings. The second-order valence-corrected chi connectivity index (χ2v) is 11.1. The second-order valence-electron chi connectivity index (χ2n) is 11.1. The molecule has 4 rings (SSSR count). The molecule has 0 saturated carbocycles. The van der Waals surface area contributed by atoms with Crippen molar-refractivity contribution in [3.8, 4) is 0 Å². The molecule has 10 heteroatoms. The lowest BCUT2D eigenvalue weighted by Crippen LogP contribution is -2.46.